The van der Waals surface area contributed by atoms with Gasteiger partial charge >= 0.3 is 5.97 Å². The molecule has 1 aromatic rings. The summed E-state index contributed by atoms with van der Waals surface area (Å²) in [5.41, 5.74) is 2.92. The summed E-state index contributed by atoms with van der Waals surface area (Å²) in [4.78, 5) is 15.5. The lowest BCUT2D eigenvalue weighted by Gasteiger charge is -2.27. The van der Waals surface area contributed by atoms with E-state index in [1.807, 2.05) is 19.1 Å². The van der Waals surface area contributed by atoms with Gasteiger partial charge < -0.3 is 15.1 Å². The molecule has 0 heterocycles. The molecule has 1 atom stereocenters. The van der Waals surface area contributed by atoms with E-state index < -0.39 is 12.6 Å². The standard InChI is InChI=1S/C25H41NO4/c1-6-9-10-11-12-15-25(4,5)20-13-14-22(23(27)17-20)19(7-2)16-21(8-3)26-30-18-24(28)29/h13-14,17,19,27H,6-12,15-16,18H2,1-5H3,(H,28,29)/b26-21-/t19-/m0/s1. The van der Waals surface area contributed by atoms with Gasteiger partial charge in [0.15, 0.2) is 0 Å². The van der Waals surface area contributed by atoms with Crippen LogP contribution in [0.1, 0.15) is 109 Å². The summed E-state index contributed by atoms with van der Waals surface area (Å²) < 4.78 is 0. The molecule has 0 saturated carbocycles. The van der Waals surface area contributed by atoms with E-state index in [4.69, 9.17) is 9.94 Å². The second-order valence-corrected chi connectivity index (χ2v) is 8.81. The molecule has 5 heteroatoms. The molecule has 0 bridgehead atoms. The third kappa shape index (κ3) is 8.76. The highest BCUT2D eigenvalue weighted by atomic mass is 16.6. The topological polar surface area (TPSA) is 79.1 Å². The SMILES string of the molecule is CCCCCCCC(C)(C)c1ccc([C@@H](CC)C/C(CC)=N\OCC(=O)O)c(O)c1. The molecule has 170 valence electrons. The second kappa shape index (κ2) is 13.3. The number of hydrogen-bond acceptors (Lipinski definition) is 4. The second-order valence-electron chi connectivity index (χ2n) is 8.81. The summed E-state index contributed by atoms with van der Waals surface area (Å²) in [6, 6.07) is 6.12. The largest absolute Gasteiger partial charge is 0.508 e. The lowest BCUT2D eigenvalue weighted by molar-refractivity contribution is -0.142. The van der Waals surface area contributed by atoms with Gasteiger partial charge in [0, 0.05) is 0 Å². The number of carbonyl (C=O) groups is 1. The maximum absolute atomic E-state index is 10.8. The number of rotatable bonds is 15. The van der Waals surface area contributed by atoms with Crippen LogP contribution in [0.15, 0.2) is 23.4 Å². The van der Waals surface area contributed by atoms with Crippen LogP contribution in [-0.2, 0) is 15.0 Å². The minimum Gasteiger partial charge on any atom is -0.508 e. The monoisotopic (exact) mass is 419 g/mol. The van der Waals surface area contributed by atoms with Crippen LogP contribution in [0.4, 0.5) is 0 Å². The molecule has 0 radical (unpaired) electrons. The number of aromatic hydroxyl groups is 1. The van der Waals surface area contributed by atoms with Crippen LogP contribution < -0.4 is 0 Å². The van der Waals surface area contributed by atoms with E-state index in [-0.39, 0.29) is 11.3 Å². The van der Waals surface area contributed by atoms with Gasteiger partial charge in [-0.2, -0.15) is 0 Å². The Kier molecular flexibility index (Phi) is 11.5. The normalized spacial score (nSPS) is 13.3. The van der Waals surface area contributed by atoms with Crippen molar-refractivity contribution in [1.29, 1.82) is 0 Å². The minimum absolute atomic E-state index is 0.0324. The Morgan fingerprint density at radius 1 is 1.13 bits per heavy atom. The van der Waals surface area contributed by atoms with Crippen LogP contribution >= 0.6 is 0 Å². The molecule has 2 N–H and O–H groups in total. The quantitative estimate of drug-likeness (QED) is 0.186. The van der Waals surface area contributed by atoms with Gasteiger partial charge in [-0.3, -0.25) is 0 Å². The molecule has 30 heavy (non-hydrogen) atoms. The van der Waals surface area contributed by atoms with E-state index in [1.54, 1.807) is 0 Å². The summed E-state index contributed by atoms with van der Waals surface area (Å²) in [7, 11) is 0. The Hall–Kier alpha value is -2.04. The third-order valence-electron chi connectivity index (χ3n) is 5.92. The Balaban J connectivity index is 2.85. The number of benzene rings is 1. The highest BCUT2D eigenvalue weighted by molar-refractivity contribution is 5.84. The minimum atomic E-state index is -1.04. The first-order chi connectivity index (χ1) is 14.2. The highest BCUT2D eigenvalue weighted by Gasteiger charge is 2.23. The molecule has 5 nitrogen and oxygen atoms in total. The van der Waals surface area contributed by atoms with Gasteiger partial charge in [0.1, 0.15) is 5.75 Å². The van der Waals surface area contributed by atoms with E-state index in [0.717, 1.165) is 24.1 Å². The average molecular weight is 420 g/mol. The zero-order valence-corrected chi connectivity index (χ0v) is 19.5. The molecule has 0 amide bonds. The summed E-state index contributed by atoms with van der Waals surface area (Å²) in [6.07, 6.45) is 9.62. The zero-order valence-electron chi connectivity index (χ0n) is 19.5. The average Bonchev–Trinajstić information content (AvgIpc) is 2.70. The van der Waals surface area contributed by atoms with Crippen LogP contribution in [0.2, 0.25) is 0 Å². The molecule has 0 spiro atoms. The lowest BCUT2D eigenvalue weighted by atomic mass is 9.78. The highest BCUT2D eigenvalue weighted by Crippen LogP contribution is 2.37. The molecule has 0 aliphatic rings. The summed E-state index contributed by atoms with van der Waals surface area (Å²) in [6.45, 7) is 10.4. The van der Waals surface area contributed by atoms with Crippen LogP contribution in [0.5, 0.6) is 5.75 Å². The first-order valence-corrected chi connectivity index (χ1v) is 11.5. The van der Waals surface area contributed by atoms with Crippen molar-refractivity contribution in [2.45, 2.75) is 104 Å². The molecule has 0 saturated heterocycles. The van der Waals surface area contributed by atoms with Crippen LogP contribution in [0, 0.1) is 0 Å². The molecule has 0 aliphatic carbocycles. The predicted octanol–water partition coefficient (Wildman–Crippen LogP) is 6.78. The maximum atomic E-state index is 10.8. The summed E-state index contributed by atoms with van der Waals surface area (Å²) in [5, 5.41) is 23.5. The Morgan fingerprint density at radius 3 is 2.40 bits per heavy atom. The maximum Gasteiger partial charge on any atom is 0.344 e. The van der Waals surface area contributed by atoms with E-state index in [9.17, 15) is 9.90 Å². The number of phenolic OH excluding ortho intramolecular Hbond substituents is 1. The van der Waals surface area contributed by atoms with Gasteiger partial charge in [0.2, 0.25) is 6.61 Å². The molecule has 0 fully saturated rings. The van der Waals surface area contributed by atoms with E-state index in [1.165, 1.54) is 37.7 Å². The van der Waals surface area contributed by atoms with Gasteiger partial charge in [0.25, 0.3) is 0 Å². The van der Waals surface area contributed by atoms with E-state index >= 15 is 0 Å². The van der Waals surface area contributed by atoms with E-state index in [0.29, 0.717) is 18.6 Å². The molecular formula is C25H41NO4. The first-order valence-electron chi connectivity index (χ1n) is 11.5. The smallest absolute Gasteiger partial charge is 0.344 e. The van der Waals surface area contributed by atoms with Crippen molar-refractivity contribution in [3.05, 3.63) is 29.3 Å². The Labute approximate surface area is 182 Å². The zero-order chi connectivity index (χ0) is 22.6. The van der Waals surface area contributed by atoms with E-state index in [2.05, 4.69) is 38.9 Å². The van der Waals surface area contributed by atoms with Crippen molar-refractivity contribution >= 4 is 11.7 Å². The molecule has 1 rings (SSSR count). The third-order valence-corrected chi connectivity index (χ3v) is 5.92. The predicted molar refractivity (Wildman–Crippen MR) is 123 cm³/mol. The summed E-state index contributed by atoms with van der Waals surface area (Å²) >= 11 is 0. The van der Waals surface area contributed by atoms with Crippen LogP contribution in [0.3, 0.4) is 0 Å². The number of hydrogen-bond donors (Lipinski definition) is 2. The van der Waals surface area contributed by atoms with Gasteiger partial charge in [-0.25, -0.2) is 4.79 Å². The van der Waals surface area contributed by atoms with Gasteiger partial charge in [0.05, 0.1) is 5.71 Å². The molecular weight excluding hydrogens is 378 g/mol. The fourth-order valence-corrected chi connectivity index (χ4v) is 3.81. The molecule has 0 aromatic heterocycles. The number of aliphatic carboxylic acids is 1. The number of phenols is 1. The first kappa shape index (κ1) is 26.0. The molecule has 1 aromatic carbocycles. The van der Waals surface area contributed by atoms with Gasteiger partial charge in [-0.1, -0.05) is 84.0 Å². The van der Waals surface area contributed by atoms with Crippen molar-refractivity contribution in [2.75, 3.05) is 6.61 Å². The van der Waals surface area contributed by atoms with Crippen molar-refractivity contribution in [2.24, 2.45) is 5.16 Å². The molecule has 0 aliphatic heterocycles. The number of oxime groups is 1. The number of nitrogens with zero attached hydrogens (tertiary/aromatic N) is 1. The van der Waals surface area contributed by atoms with Crippen LogP contribution in [-0.4, -0.2) is 28.5 Å². The van der Waals surface area contributed by atoms with Gasteiger partial charge in [-0.05, 0) is 54.2 Å². The fraction of sp³-hybridized carbons (Fsp3) is 0.680. The fourth-order valence-electron chi connectivity index (χ4n) is 3.81. The summed E-state index contributed by atoms with van der Waals surface area (Å²) in [5.74, 6) is -0.592. The van der Waals surface area contributed by atoms with Gasteiger partial charge in [-0.15, -0.1) is 0 Å². The van der Waals surface area contributed by atoms with Crippen molar-refractivity contribution in [3.63, 3.8) is 0 Å². The Morgan fingerprint density at radius 2 is 1.83 bits per heavy atom. The van der Waals surface area contributed by atoms with Crippen molar-refractivity contribution < 1.29 is 19.8 Å². The molecule has 0 unspecified atom stereocenters. The number of carboxylic acids is 1. The Bertz CT molecular complexity index is 682. The van der Waals surface area contributed by atoms with Crippen molar-refractivity contribution in [3.8, 4) is 5.75 Å². The lowest BCUT2D eigenvalue weighted by Crippen LogP contribution is -2.17. The number of carboxylic acid groups (broad SMARTS) is 1. The number of unbranched alkanes of at least 4 members (excludes halogenated alkanes) is 4. The van der Waals surface area contributed by atoms with Crippen LogP contribution in [0.25, 0.3) is 0 Å². The van der Waals surface area contributed by atoms with Crippen molar-refractivity contribution in [1.82, 2.24) is 0 Å².